The molecule has 0 aromatic heterocycles. The molecule has 3 rings (SSSR count). The van der Waals surface area contributed by atoms with E-state index >= 15 is 0 Å². The van der Waals surface area contributed by atoms with Crippen LogP contribution in [-0.4, -0.2) is 46.4 Å². The Kier molecular flexibility index (Phi) is 9.27. The van der Waals surface area contributed by atoms with Gasteiger partial charge in [0, 0.05) is 30.2 Å². The molecular weight excluding hydrogens is 356 g/mol. The van der Waals surface area contributed by atoms with Crippen LogP contribution in [0.5, 0.6) is 0 Å². The minimum absolute atomic E-state index is 0.382. The quantitative estimate of drug-likeness (QED) is 0.689. The predicted molar refractivity (Wildman–Crippen MR) is 114 cm³/mol. The van der Waals surface area contributed by atoms with Gasteiger partial charge in [0.05, 0.1) is 0 Å². The lowest BCUT2D eigenvalue weighted by molar-refractivity contribution is 0.132. The van der Waals surface area contributed by atoms with Gasteiger partial charge in [-0.2, -0.15) is 0 Å². The molecule has 5 heteroatoms. The molecule has 4 nitrogen and oxygen atoms in total. The van der Waals surface area contributed by atoms with Crippen molar-refractivity contribution < 1.29 is 8.76 Å². The highest BCUT2D eigenvalue weighted by Gasteiger charge is 2.25. The Hall–Kier alpha value is -0.910. The van der Waals surface area contributed by atoms with Gasteiger partial charge in [0.25, 0.3) is 0 Å². The zero-order valence-corrected chi connectivity index (χ0v) is 18.3. The Morgan fingerprint density at radius 3 is 2.26 bits per heavy atom. The minimum Gasteiger partial charge on any atom is -0.768 e. The Morgan fingerprint density at radius 2 is 1.70 bits per heavy atom. The Bertz CT molecular complexity index is 577. The van der Waals surface area contributed by atoms with Crippen molar-refractivity contribution in [3.8, 4) is 0 Å². The molecule has 0 amide bonds. The Balaban J connectivity index is 0.00000126. The maximum atomic E-state index is 11.2. The molecule has 0 N–H and O–H groups in total. The molecule has 1 aromatic carbocycles. The number of hydrogen-bond acceptors (Lipinski definition) is 4. The first-order valence-electron chi connectivity index (χ1n) is 10.7. The van der Waals surface area contributed by atoms with Crippen LogP contribution in [0.25, 0.3) is 0 Å². The van der Waals surface area contributed by atoms with Crippen LogP contribution in [0.2, 0.25) is 0 Å². The second-order valence-electron chi connectivity index (χ2n) is 8.04. The molecule has 2 saturated heterocycles. The number of hydrogen-bond donors (Lipinski definition) is 0. The van der Waals surface area contributed by atoms with Crippen molar-refractivity contribution in [3.05, 3.63) is 24.3 Å². The van der Waals surface area contributed by atoms with E-state index in [1.165, 1.54) is 45.3 Å². The molecule has 2 aliphatic heterocycles. The van der Waals surface area contributed by atoms with Gasteiger partial charge in [-0.05, 0) is 85.8 Å². The van der Waals surface area contributed by atoms with Gasteiger partial charge in [-0.3, -0.25) is 4.21 Å². The van der Waals surface area contributed by atoms with E-state index in [-0.39, 0.29) is 0 Å². The summed E-state index contributed by atoms with van der Waals surface area (Å²) in [7, 11) is 0. The first kappa shape index (κ1) is 22.4. The zero-order valence-electron chi connectivity index (χ0n) is 17.5. The number of benzene rings is 1. The lowest BCUT2D eigenvalue weighted by atomic mass is 9.86. The fourth-order valence-corrected chi connectivity index (χ4v) is 4.73. The fourth-order valence-electron chi connectivity index (χ4n) is 4.32. The summed E-state index contributed by atoms with van der Waals surface area (Å²) in [6.07, 6.45) is 5.12. The zero-order chi connectivity index (χ0) is 19.8. The summed E-state index contributed by atoms with van der Waals surface area (Å²) in [4.78, 5) is 5.38. The van der Waals surface area contributed by atoms with Gasteiger partial charge >= 0.3 is 0 Å². The first-order valence-corrected chi connectivity index (χ1v) is 11.8. The van der Waals surface area contributed by atoms with Crippen molar-refractivity contribution >= 4 is 16.8 Å². The van der Waals surface area contributed by atoms with Crippen molar-refractivity contribution in [2.24, 2.45) is 17.8 Å². The van der Waals surface area contributed by atoms with Gasteiger partial charge < -0.3 is 14.4 Å². The molecule has 1 unspecified atom stereocenters. The monoisotopic (exact) mass is 393 g/mol. The van der Waals surface area contributed by atoms with Crippen LogP contribution in [0.3, 0.4) is 0 Å². The van der Waals surface area contributed by atoms with Crippen LogP contribution in [0.1, 0.15) is 53.4 Å². The third-order valence-corrected chi connectivity index (χ3v) is 6.72. The summed E-state index contributed by atoms with van der Waals surface area (Å²) in [6, 6.07) is 7.30. The SMILES string of the molecule is CC.CC(C)C1CCN(CC2CCN(c3cccc(S(=O)[O-])c3)CC2)CC1. The number of piperidine rings is 2. The third kappa shape index (κ3) is 6.58. The smallest absolute Gasteiger partial charge is 0.0377 e. The van der Waals surface area contributed by atoms with Crippen LogP contribution in [0.4, 0.5) is 5.69 Å². The van der Waals surface area contributed by atoms with Crippen LogP contribution in [-0.2, 0) is 11.1 Å². The number of anilines is 1. The Morgan fingerprint density at radius 1 is 1.07 bits per heavy atom. The molecule has 2 fully saturated rings. The highest BCUT2D eigenvalue weighted by Crippen LogP contribution is 2.28. The van der Waals surface area contributed by atoms with Crippen molar-refractivity contribution in [1.82, 2.24) is 4.90 Å². The average molecular weight is 394 g/mol. The van der Waals surface area contributed by atoms with Crippen LogP contribution < -0.4 is 4.90 Å². The highest BCUT2D eigenvalue weighted by atomic mass is 32.2. The topological polar surface area (TPSA) is 46.6 Å². The van der Waals surface area contributed by atoms with Crippen molar-refractivity contribution in [1.29, 1.82) is 0 Å². The lowest BCUT2D eigenvalue weighted by Gasteiger charge is -2.39. The van der Waals surface area contributed by atoms with Gasteiger partial charge in [0.2, 0.25) is 0 Å². The van der Waals surface area contributed by atoms with Crippen LogP contribution in [0.15, 0.2) is 29.2 Å². The van der Waals surface area contributed by atoms with Gasteiger partial charge in [0.15, 0.2) is 0 Å². The summed E-state index contributed by atoms with van der Waals surface area (Å²) >= 11 is -2.15. The molecule has 2 heterocycles. The molecule has 154 valence electrons. The van der Waals surface area contributed by atoms with Crippen molar-refractivity contribution in [2.75, 3.05) is 37.6 Å². The second kappa shape index (κ2) is 11.2. The molecule has 2 aliphatic rings. The minimum atomic E-state index is -2.15. The molecule has 0 aliphatic carbocycles. The number of likely N-dealkylation sites (tertiary alicyclic amines) is 1. The largest absolute Gasteiger partial charge is 0.768 e. The fraction of sp³-hybridized carbons (Fsp3) is 0.727. The maximum Gasteiger partial charge on any atom is 0.0377 e. The van der Waals surface area contributed by atoms with Crippen molar-refractivity contribution in [2.45, 2.75) is 58.3 Å². The van der Waals surface area contributed by atoms with Crippen LogP contribution >= 0.6 is 0 Å². The number of nitrogens with zero attached hydrogens (tertiary/aromatic N) is 2. The third-order valence-electron chi connectivity index (χ3n) is 6.08. The lowest BCUT2D eigenvalue weighted by Crippen LogP contribution is -2.42. The first-order chi connectivity index (χ1) is 13.0. The van der Waals surface area contributed by atoms with Gasteiger partial charge in [-0.1, -0.05) is 33.8 Å². The molecule has 1 aromatic rings. The van der Waals surface area contributed by atoms with E-state index in [0.29, 0.717) is 4.90 Å². The molecule has 0 bridgehead atoms. The maximum absolute atomic E-state index is 11.2. The summed E-state index contributed by atoms with van der Waals surface area (Å²) in [6.45, 7) is 14.5. The van der Waals surface area contributed by atoms with E-state index in [1.807, 2.05) is 26.0 Å². The predicted octanol–water partition coefficient (Wildman–Crippen LogP) is 4.54. The van der Waals surface area contributed by atoms with E-state index in [9.17, 15) is 8.76 Å². The van der Waals surface area contributed by atoms with E-state index in [0.717, 1.165) is 36.5 Å². The normalized spacial score (nSPS) is 21.0. The molecule has 0 radical (unpaired) electrons. The van der Waals surface area contributed by atoms with Gasteiger partial charge in [0.1, 0.15) is 0 Å². The van der Waals surface area contributed by atoms with E-state index in [1.54, 1.807) is 12.1 Å². The summed E-state index contributed by atoms with van der Waals surface area (Å²) < 4.78 is 22.3. The van der Waals surface area contributed by atoms with E-state index < -0.39 is 11.1 Å². The average Bonchev–Trinajstić information content (AvgIpc) is 2.70. The van der Waals surface area contributed by atoms with Crippen molar-refractivity contribution in [3.63, 3.8) is 0 Å². The molecule has 0 saturated carbocycles. The van der Waals surface area contributed by atoms with E-state index in [4.69, 9.17) is 0 Å². The summed E-state index contributed by atoms with van der Waals surface area (Å²) in [5.41, 5.74) is 1.04. The second-order valence-corrected chi connectivity index (χ2v) is 8.99. The van der Waals surface area contributed by atoms with E-state index in [2.05, 4.69) is 23.6 Å². The molecule has 0 spiro atoms. The van der Waals surface area contributed by atoms with Gasteiger partial charge in [-0.15, -0.1) is 0 Å². The standard InChI is InChI=1S/C20H32N2O2S.C2H6/c1-16(2)18-8-10-21(11-9-18)15-17-6-12-22(13-7-17)19-4-3-5-20(14-19)25(23)24;1-2/h3-5,14,16-18H,6-13,15H2,1-2H3,(H,23,24);1-2H3/p-1. The number of rotatable bonds is 5. The van der Waals surface area contributed by atoms with Gasteiger partial charge in [-0.25, -0.2) is 0 Å². The molecular formula is C22H37N2O2S-. The summed E-state index contributed by atoms with van der Waals surface area (Å²) in [5.74, 6) is 2.52. The Labute approximate surface area is 168 Å². The van der Waals surface area contributed by atoms with Crippen LogP contribution in [0, 0.1) is 17.8 Å². The molecule has 27 heavy (non-hydrogen) atoms. The molecule has 1 atom stereocenters. The summed E-state index contributed by atoms with van der Waals surface area (Å²) in [5, 5.41) is 0. The highest BCUT2D eigenvalue weighted by molar-refractivity contribution is 7.79.